The predicted molar refractivity (Wildman–Crippen MR) is 120 cm³/mol. The number of thiophene rings is 1. The van der Waals surface area contributed by atoms with E-state index in [4.69, 9.17) is 16.3 Å². The van der Waals surface area contributed by atoms with Crippen molar-refractivity contribution < 1.29 is 9.53 Å². The molecule has 3 heterocycles. The number of ether oxygens (including phenoxy) is 1. The van der Waals surface area contributed by atoms with Gasteiger partial charge in [0.15, 0.2) is 0 Å². The lowest BCUT2D eigenvalue weighted by atomic mass is 10.2. The van der Waals surface area contributed by atoms with Crippen molar-refractivity contribution in [3.63, 3.8) is 0 Å². The van der Waals surface area contributed by atoms with E-state index < -0.39 is 0 Å². The van der Waals surface area contributed by atoms with Crippen LogP contribution < -0.4 is 10.6 Å². The maximum Gasteiger partial charge on any atom is 0.252 e. The van der Waals surface area contributed by atoms with Crippen molar-refractivity contribution in [1.29, 1.82) is 0 Å². The van der Waals surface area contributed by atoms with Crippen molar-refractivity contribution in [3.8, 4) is 10.6 Å². The van der Waals surface area contributed by atoms with Crippen LogP contribution in [0, 0.1) is 0 Å². The first-order chi connectivity index (χ1) is 14.7. The fourth-order valence-electron chi connectivity index (χ4n) is 3.13. The van der Waals surface area contributed by atoms with Crippen LogP contribution in [0.15, 0.2) is 48.0 Å². The van der Waals surface area contributed by atoms with E-state index in [1.165, 1.54) is 0 Å². The molecule has 0 unspecified atom stereocenters. The largest absolute Gasteiger partial charge is 0.379 e. The van der Waals surface area contributed by atoms with Crippen LogP contribution in [0.1, 0.15) is 10.4 Å². The second kappa shape index (κ2) is 9.99. The average molecular weight is 444 g/mol. The highest BCUT2D eigenvalue weighted by Gasteiger charge is 2.13. The summed E-state index contributed by atoms with van der Waals surface area (Å²) in [6.45, 7) is 4.64. The number of benzene rings is 1. The van der Waals surface area contributed by atoms with Crippen LogP contribution >= 0.6 is 22.9 Å². The third-order valence-electron chi connectivity index (χ3n) is 4.72. The molecule has 2 aromatic heterocycles. The highest BCUT2D eigenvalue weighted by atomic mass is 35.5. The Balaban J connectivity index is 1.36. The molecule has 0 aliphatic carbocycles. The van der Waals surface area contributed by atoms with Crippen LogP contribution in [-0.4, -0.2) is 60.2 Å². The van der Waals surface area contributed by atoms with Crippen LogP contribution in [0.4, 0.5) is 11.6 Å². The maximum absolute atomic E-state index is 12.5. The molecule has 9 heteroatoms. The number of carbonyl (C=O) groups excluding carboxylic acids is 1. The molecular weight excluding hydrogens is 422 g/mol. The molecule has 156 valence electrons. The van der Waals surface area contributed by atoms with Gasteiger partial charge in [-0.1, -0.05) is 17.7 Å². The number of aromatic nitrogens is 2. The maximum atomic E-state index is 12.5. The zero-order valence-corrected chi connectivity index (χ0v) is 17.9. The van der Waals surface area contributed by atoms with Gasteiger partial charge in [0.25, 0.3) is 5.91 Å². The average Bonchev–Trinajstić information content (AvgIpc) is 3.30. The lowest BCUT2D eigenvalue weighted by Gasteiger charge is -2.26. The minimum absolute atomic E-state index is 0.184. The fourth-order valence-corrected chi connectivity index (χ4v) is 4.10. The van der Waals surface area contributed by atoms with Gasteiger partial charge in [-0.15, -0.1) is 11.3 Å². The third-order valence-corrected chi connectivity index (χ3v) is 5.92. The van der Waals surface area contributed by atoms with Gasteiger partial charge in [0.1, 0.15) is 0 Å². The molecule has 0 bridgehead atoms. The highest BCUT2D eigenvalue weighted by Crippen LogP contribution is 2.25. The zero-order chi connectivity index (χ0) is 20.8. The molecule has 1 aliphatic heterocycles. The number of anilines is 2. The lowest BCUT2D eigenvalue weighted by Crippen LogP contribution is -2.41. The van der Waals surface area contributed by atoms with Crippen LogP contribution in [0.5, 0.6) is 0 Å². The summed E-state index contributed by atoms with van der Waals surface area (Å²) in [6.07, 6.45) is 1.71. The summed E-state index contributed by atoms with van der Waals surface area (Å²) in [5, 5.41) is 8.46. The molecule has 3 aromatic rings. The summed E-state index contributed by atoms with van der Waals surface area (Å²) < 4.78 is 5.33. The van der Waals surface area contributed by atoms with Gasteiger partial charge < -0.3 is 15.4 Å². The number of nitrogens with zero attached hydrogens (tertiary/aromatic N) is 3. The number of nitrogens with one attached hydrogen (secondary N) is 2. The molecule has 1 aromatic carbocycles. The molecule has 1 aliphatic rings. The molecule has 30 heavy (non-hydrogen) atoms. The Morgan fingerprint density at radius 3 is 2.87 bits per heavy atom. The van der Waals surface area contributed by atoms with E-state index in [1.54, 1.807) is 35.7 Å². The minimum Gasteiger partial charge on any atom is -0.379 e. The van der Waals surface area contributed by atoms with Gasteiger partial charge in [-0.2, -0.15) is 0 Å². The van der Waals surface area contributed by atoms with Crippen molar-refractivity contribution in [3.05, 3.63) is 58.6 Å². The number of rotatable bonds is 7. The van der Waals surface area contributed by atoms with Gasteiger partial charge >= 0.3 is 0 Å². The second-order valence-corrected chi connectivity index (χ2v) is 8.13. The molecule has 1 fully saturated rings. The number of hydrogen-bond acceptors (Lipinski definition) is 7. The normalized spacial score (nSPS) is 14.4. The van der Waals surface area contributed by atoms with Crippen molar-refractivity contribution in [2.24, 2.45) is 0 Å². The van der Waals surface area contributed by atoms with E-state index in [0.29, 0.717) is 28.8 Å². The first-order valence-electron chi connectivity index (χ1n) is 9.71. The number of morpholine rings is 1. The Morgan fingerprint density at radius 2 is 2.10 bits per heavy atom. The number of amides is 1. The Hall–Kier alpha value is -2.52. The van der Waals surface area contributed by atoms with Crippen LogP contribution in [0.3, 0.4) is 0 Å². The quantitative estimate of drug-likeness (QED) is 0.580. The van der Waals surface area contributed by atoms with E-state index in [2.05, 4.69) is 25.5 Å². The summed E-state index contributed by atoms with van der Waals surface area (Å²) in [7, 11) is 0. The van der Waals surface area contributed by atoms with Crippen LogP contribution in [0.2, 0.25) is 5.02 Å². The summed E-state index contributed by atoms with van der Waals surface area (Å²) in [4.78, 5) is 24.6. The number of carbonyl (C=O) groups is 1. The summed E-state index contributed by atoms with van der Waals surface area (Å²) in [5.41, 5.74) is 2.01. The predicted octanol–water partition coefficient (Wildman–Crippen LogP) is 3.66. The summed E-state index contributed by atoms with van der Waals surface area (Å²) in [5.74, 6) is 0.287. The molecule has 1 amide bonds. The molecule has 0 saturated carbocycles. The van der Waals surface area contributed by atoms with Gasteiger partial charge in [0.05, 0.1) is 34.4 Å². The van der Waals surface area contributed by atoms with Crippen molar-refractivity contribution in [1.82, 2.24) is 20.2 Å². The number of hydrogen-bond donors (Lipinski definition) is 2. The molecule has 4 rings (SSSR count). The second-order valence-electron chi connectivity index (χ2n) is 6.77. The van der Waals surface area contributed by atoms with Gasteiger partial charge in [0.2, 0.25) is 5.95 Å². The van der Waals surface area contributed by atoms with E-state index in [9.17, 15) is 4.79 Å². The summed E-state index contributed by atoms with van der Waals surface area (Å²) >= 11 is 7.98. The third kappa shape index (κ3) is 5.34. The first kappa shape index (κ1) is 20.7. The molecule has 0 spiro atoms. The smallest absolute Gasteiger partial charge is 0.252 e. The van der Waals surface area contributed by atoms with E-state index >= 15 is 0 Å². The Labute approximate surface area is 184 Å². The molecule has 0 atom stereocenters. The van der Waals surface area contributed by atoms with Gasteiger partial charge in [0, 0.05) is 38.1 Å². The zero-order valence-electron chi connectivity index (χ0n) is 16.3. The topological polar surface area (TPSA) is 79.4 Å². The highest BCUT2D eigenvalue weighted by molar-refractivity contribution is 7.13. The van der Waals surface area contributed by atoms with Crippen molar-refractivity contribution in [2.75, 3.05) is 44.7 Å². The van der Waals surface area contributed by atoms with Crippen molar-refractivity contribution in [2.45, 2.75) is 0 Å². The minimum atomic E-state index is -0.184. The van der Waals surface area contributed by atoms with Crippen LogP contribution in [-0.2, 0) is 4.74 Å². The summed E-state index contributed by atoms with van der Waals surface area (Å²) in [6, 6.07) is 11.1. The Morgan fingerprint density at radius 1 is 1.23 bits per heavy atom. The molecule has 1 saturated heterocycles. The SMILES string of the molecule is O=C(NCCN1CCOCC1)c1ccc(Nc2nccc(-c3cccs3)n2)cc1Cl. The molecule has 2 N–H and O–H groups in total. The molecule has 7 nitrogen and oxygen atoms in total. The first-order valence-corrected chi connectivity index (χ1v) is 11.0. The lowest BCUT2D eigenvalue weighted by molar-refractivity contribution is 0.0383. The van der Waals surface area contributed by atoms with Crippen molar-refractivity contribution >= 4 is 40.5 Å². The van der Waals surface area contributed by atoms with Gasteiger partial charge in [-0.3, -0.25) is 9.69 Å². The van der Waals surface area contributed by atoms with E-state index in [0.717, 1.165) is 43.4 Å². The van der Waals surface area contributed by atoms with Gasteiger partial charge in [-0.25, -0.2) is 9.97 Å². The van der Waals surface area contributed by atoms with Crippen LogP contribution in [0.25, 0.3) is 10.6 Å². The Bertz CT molecular complexity index is 993. The molecular formula is C21H22ClN5O2S. The monoisotopic (exact) mass is 443 g/mol. The van der Waals surface area contributed by atoms with Gasteiger partial charge in [-0.05, 0) is 35.7 Å². The van der Waals surface area contributed by atoms with E-state index in [-0.39, 0.29) is 5.91 Å². The standard InChI is InChI=1S/C21H22ClN5O2S/c22-17-14-15(25-21-24-6-5-18(26-21)19-2-1-13-30-19)3-4-16(17)20(28)23-7-8-27-9-11-29-12-10-27/h1-6,13-14H,7-12H2,(H,23,28)(H,24,25,26). The van der Waals surface area contributed by atoms with E-state index in [1.807, 2.05) is 23.6 Å². The Kier molecular flexibility index (Phi) is 6.91. The number of halogens is 1. The molecule has 0 radical (unpaired) electrons. The fraction of sp³-hybridized carbons (Fsp3) is 0.286.